The van der Waals surface area contributed by atoms with Crippen molar-refractivity contribution in [3.63, 3.8) is 0 Å². The van der Waals surface area contributed by atoms with E-state index in [-0.39, 0.29) is 0 Å². The molecular weight excluding hydrogens is 132 g/mol. The van der Waals surface area contributed by atoms with Crippen molar-refractivity contribution >= 4 is 10.8 Å². The van der Waals surface area contributed by atoms with E-state index in [1.165, 1.54) is 5.56 Å². The Bertz CT molecular complexity index is 374. The van der Waals surface area contributed by atoms with Crippen LogP contribution in [-0.2, 0) is 0 Å². The van der Waals surface area contributed by atoms with E-state index in [2.05, 4.69) is 37.3 Å². The largest absolute Gasteiger partial charge is 0.0587 e. The zero-order chi connectivity index (χ0) is 7.68. The van der Waals surface area contributed by atoms with Crippen LogP contribution < -0.4 is 0 Å². The van der Waals surface area contributed by atoms with Crippen LogP contribution in [0.15, 0.2) is 30.3 Å². The number of rotatable bonds is 0. The third-order valence-electron chi connectivity index (χ3n) is 1.74. The predicted octanol–water partition coefficient (Wildman–Crippen LogP) is 2.75. The second-order valence-electron chi connectivity index (χ2n) is 2.67. The lowest BCUT2D eigenvalue weighted by molar-refractivity contribution is 1.50. The molecule has 0 nitrogen and oxygen atoms in total. The van der Waals surface area contributed by atoms with E-state index in [9.17, 15) is 0 Å². The first kappa shape index (κ1) is 6.41. The molecule has 2 aromatic carbocycles. The van der Waals surface area contributed by atoms with Gasteiger partial charge in [-0.05, 0) is 29.8 Å². The van der Waals surface area contributed by atoms with Crippen LogP contribution >= 0.6 is 0 Å². The molecule has 0 heteroatoms. The SMILES string of the molecule is Cc1ccc2[c]cc[c]c2c1. The second-order valence-corrected chi connectivity index (χ2v) is 2.67. The average molecular weight is 140 g/mol. The Morgan fingerprint density at radius 1 is 1.00 bits per heavy atom. The molecule has 0 N–H and O–H groups in total. The predicted molar refractivity (Wildman–Crippen MR) is 46.4 cm³/mol. The van der Waals surface area contributed by atoms with Crippen LogP contribution in [0.1, 0.15) is 5.56 Å². The van der Waals surface area contributed by atoms with E-state index in [4.69, 9.17) is 0 Å². The minimum atomic E-state index is 1.14. The van der Waals surface area contributed by atoms with Crippen LogP contribution in [0.5, 0.6) is 0 Å². The fraction of sp³-hybridized carbons (Fsp3) is 0.0909. The lowest BCUT2D eigenvalue weighted by Crippen LogP contribution is -1.74. The van der Waals surface area contributed by atoms with Gasteiger partial charge in [0.15, 0.2) is 0 Å². The summed E-state index contributed by atoms with van der Waals surface area (Å²) >= 11 is 0. The molecule has 11 heavy (non-hydrogen) atoms. The maximum Gasteiger partial charge on any atom is -0.00963 e. The summed E-state index contributed by atoms with van der Waals surface area (Å²) < 4.78 is 0. The third-order valence-corrected chi connectivity index (χ3v) is 1.74. The standard InChI is InChI=1S/C11H8/c1-9-6-7-10-4-2-3-5-11(10)8-9/h2-3,6-8H,1H3. The molecule has 0 atom stereocenters. The molecule has 0 unspecified atom stereocenters. The first-order valence-electron chi connectivity index (χ1n) is 3.65. The summed E-state index contributed by atoms with van der Waals surface area (Å²) in [7, 11) is 0. The van der Waals surface area contributed by atoms with Gasteiger partial charge >= 0.3 is 0 Å². The van der Waals surface area contributed by atoms with Gasteiger partial charge in [-0.15, -0.1) is 0 Å². The first-order chi connectivity index (χ1) is 5.36. The van der Waals surface area contributed by atoms with Gasteiger partial charge in [-0.3, -0.25) is 0 Å². The summed E-state index contributed by atoms with van der Waals surface area (Å²) in [4.78, 5) is 0. The van der Waals surface area contributed by atoms with E-state index in [0.717, 1.165) is 10.8 Å². The lowest BCUT2D eigenvalue weighted by atomic mass is 10.1. The molecule has 0 aliphatic rings. The van der Waals surface area contributed by atoms with Crippen LogP contribution in [-0.4, -0.2) is 0 Å². The van der Waals surface area contributed by atoms with Crippen molar-refractivity contribution < 1.29 is 0 Å². The van der Waals surface area contributed by atoms with Crippen molar-refractivity contribution in [2.24, 2.45) is 0 Å². The number of aryl methyl sites for hydroxylation is 1. The summed E-state index contributed by atoms with van der Waals surface area (Å²) in [6, 6.07) is 16.4. The minimum Gasteiger partial charge on any atom is -0.0587 e. The summed E-state index contributed by atoms with van der Waals surface area (Å²) in [6.07, 6.45) is 0. The van der Waals surface area contributed by atoms with Gasteiger partial charge in [0, 0.05) is 0 Å². The highest BCUT2D eigenvalue weighted by atomic mass is 13.9. The summed E-state index contributed by atoms with van der Waals surface area (Å²) in [5.41, 5.74) is 1.27. The molecule has 2 aromatic rings. The highest BCUT2D eigenvalue weighted by molar-refractivity contribution is 5.81. The van der Waals surface area contributed by atoms with E-state index >= 15 is 0 Å². The van der Waals surface area contributed by atoms with Gasteiger partial charge in [-0.2, -0.15) is 0 Å². The Labute approximate surface area is 66.5 Å². The van der Waals surface area contributed by atoms with Crippen molar-refractivity contribution in [1.82, 2.24) is 0 Å². The molecule has 0 aliphatic heterocycles. The summed E-state index contributed by atoms with van der Waals surface area (Å²) in [5.74, 6) is 0. The monoisotopic (exact) mass is 140 g/mol. The Hall–Kier alpha value is -1.30. The highest BCUT2D eigenvalue weighted by Gasteiger charge is 1.90. The fourth-order valence-electron chi connectivity index (χ4n) is 1.17. The Morgan fingerprint density at radius 3 is 2.55 bits per heavy atom. The molecule has 2 rings (SSSR count). The zero-order valence-corrected chi connectivity index (χ0v) is 6.39. The fourth-order valence-corrected chi connectivity index (χ4v) is 1.17. The van der Waals surface area contributed by atoms with Gasteiger partial charge in [0.05, 0.1) is 0 Å². The van der Waals surface area contributed by atoms with Gasteiger partial charge in [-0.1, -0.05) is 35.9 Å². The van der Waals surface area contributed by atoms with Crippen LogP contribution in [0.2, 0.25) is 0 Å². The molecular formula is C11H8. The Morgan fingerprint density at radius 2 is 1.73 bits per heavy atom. The molecule has 0 saturated heterocycles. The topological polar surface area (TPSA) is 0 Å². The maximum atomic E-state index is 3.16. The molecule has 0 fully saturated rings. The van der Waals surface area contributed by atoms with Crippen molar-refractivity contribution in [3.05, 3.63) is 48.0 Å². The van der Waals surface area contributed by atoms with E-state index < -0.39 is 0 Å². The van der Waals surface area contributed by atoms with Gasteiger partial charge in [0.1, 0.15) is 0 Å². The van der Waals surface area contributed by atoms with Gasteiger partial charge in [0.2, 0.25) is 0 Å². The van der Waals surface area contributed by atoms with Crippen LogP contribution in [0.4, 0.5) is 0 Å². The van der Waals surface area contributed by atoms with Crippen LogP contribution in [0.25, 0.3) is 10.8 Å². The van der Waals surface area contributed by atoms with Crippen LogP contribution in [0, 0.1) is 19.1 Å². The highest BCUT2D eigenvalue weighted by Crippen LogP contribution is 2.13. The van der Waals surface area contributed by atoms with Crippen molar-refractivity contribution in [2.45, 2.75) is 6.92 Å². The van der Waals surface area contributed by atoms with E-state index in [0.29, 0.717) is 0 Å². The molecule has 0 bridgehead atoms. The summed E-state index contributed by atoms with van der Waals surface area (Å²) in [5, 5.41) is 2.28. The molecule has 0 aromatic heterocycles. The lowest BCUT2D eigenvalue weighted by Gasteiger charge is -1.95. The van der Waals surface area contributed by atoms with E-state index in [1.807, 2.05) is 12.1 Å². The normalized spacial score (nSPS) is 10.3. The van der Waals surface area contributed by atoms with Crippen molar-refractivity contribution in [3.8, 4) is 0 Å². The first-order valence-corrected chi connectivity index (χ1v) is 3.65. The van der Waals surface area contributed by atoms with Crippen molar-refractivity contribution in [1.29, 1.82) is 0 Å². The average Bonchev–Trinajstić information content (AvgIpc) is 2.04. The Kier molecular flexibility index (Phi) is 1.39. The van der Waals surface area contributed by atoms with Gasteiger partial charge in [-0.25, -0.2) is 0 Å². The molecule has 52 valence electrons. The zero-order valence-electron chi connectivity index (χ0n) is 6.39. The molecule has 2 radical (unpaired) electrons. The number of hydrogen-bond acceptors (Lipinski definition) is 0. The smallest absolute Gasteiger partial charge is 0.00963 e. The summed E-state index contributed by atoms with van der Waals surface area (Å²) in [6.45, 7) is 2.08. The number of fused-ring (bicyclic) bond motifs is 1. The van der Waals surface area contributed by atoms with E-state index in [1.54, 1.807) is 0 Å². The molecule has 0 amide bonds. The molecule has 0 spiro atoms. The second kappa shape index (κ2) is 2.39. The number of hydrogen-bond donors (Lipinski definition) is 0. The van der Waals surface area contributed by atoms with Gasteiger partial charge in [0.25, 0.3) is 0 Å². The molecule has 0 aliphatic carbocycles. The Balaban J connectivity index is 2.83. The third kappa shape index (κ3) is 1.12. The number of benzene rings is 2. The van der Waals surface area contributed by atoms with Crippen molar-refractivity contribution in [2.75, 3.05) is 0 Å². The molecule has 0 saturated carbocycles. The van der Waals surface area contributed by atoms with Crippen LogP contribution in [0.3, 0.4) is 0 Å². The van der Waals surface area contributed by atoms with Gasteiger partial charge < -0.3 is 0 Å². The minimum absolute atomic E-state index is 1.14. The molecule has 0 heterocycles. The maximum absolute atomic E-state index is 3.16. The quantitative estimate of drug-likeness (QED) is 0.527.